The predicted octanol–water partition coefficient (Wildman–Crippen LogP) is 4.55. The van der Waals surface area contributed by atoms with Crippen LogP contribution < -0.4 is 15.8 Å². The zero-order valence-electron chi connectivity index (χ0n) is 26.2. The van der Waals surface area contributed by atoms with Gasteiger partial charge in [0.2, 0.25) is 5.91 Å². The van der Waals surface area contributed by atoms with Crippen LogP contribution >= 0.6 is 0 Å². The van der Waals surface area contributed by atoms with Crippen molar-refractivity contribution in [3.63, 3.8) is 0 Å². The number of nitrogens with one attached hydrogen (secondary N) is 1. The Hall–Kier alpha value is -3.92. The van der Waals surface area contributed by atoms with Crippen molar-refractivity contribution in [2.45, 2.75) is 82.6 Å². The van der Waals surface area contributed by atoms with Crippen LogP contribution in [0.5, 0.6) is 5.75 Å². The van der Waals surface area contributed by atoms with E-state index < -0.39 is 0 Å². The molecule has 3 aromatic heterocycles. The molecule has 4 aromatic rings. The summed E-state index contributed by atoms with van der Waals surface area (Å²) in [7, 11) is 3.67. The number of pyridine rings is 1. The van der Waals surface area contributed by atoms with E-state index in [1.54, 1.807) is 7.11 Å². The first-order chi connectivity index (χ1) is 21.8. The molecule has 2 saturated carbocycles. The number of nitrogens with zero attached hydrogens (tertiary/aromatic N) is 5. The molecule has 3 aliphatic heterocycles. The fourth-order valence-electron chi connectivity index (χ4n) is 8.90. The Morgan fingerprint density at radius 2 is 1.87 bits per heavy atom. The number of carbonyl (C=O) groups excluding carboxylic acids is 2. The van der Waals surface area contributed by atoms with Crippen LogP contribution in [0.1, 0.15) is 74.0 Å². The SMILES string of the molecule is COc1cc(C(=O)N2[C@H]3CC[C@@H]2[C@H](N)C3)cc2nc(-c3cc4ccc5nc4n3C[C@H]3C[C@H]3CC[C@H]3C[C@@H]3C(=O)N[C@@H]5C)n(C)c12. The van der Waals surface area contributed by atoms with E-state index in [2.05, 4.69) is 26.6 Å². The third kappa shape index (κ3) is 4.24. The van der Waals surface area contributed by atoms with Gasteiger partial charge in [0.05, 0.1) is 30.1 Å². The largest absolute Gasteiger partial charge is 0.494 e. The molecular weight excluding hydrogens is 566 g/mol. The topological polar surface area (TPSA) is 120 Å². The molecule has 5 aliphatic rings. The van der Waals surface area contributed by atoms with Gasteiger partial charge >= 0.3 is 0 Å². The summed E-state index contributed by atoms with van der Waals surface area (Å²) in [5.41, 5.74) is 11.4. The fourth-order valence-corrected chi connectivity index (χ4v) is 8.90. The molecule has 0 unspecified atom stereocenters. The number of hydrogen-bond donors (Lipinski definition) is 2. The molecule has 10 heteroatoms. The van der Waals surface area contributed by atoms with Crippen molar-refractivity contribution in [2.75, 3.05) is 7.11 Å². The Morgan fingerprint density at radius 1 is 1.02 bits per heavy atom. The third-order valence-electron chi connectivity index (χ3n) is 11.7. The van der Waals surface area contributed by atoms with Crippen LogP contribution in [0, 0.1) is 23.7 Å². The van der Waals surface area contributed by atoms with Gasteiger partial charge in [-0.2, -0.15) is 0 Å². The highest BCUT2D eigenvalue weighted by Crippen LogP contribution is 2.50. The van der Waals surface area contributed by atoms with E-state index in [1.165, 1.54) is 12.8 Å². The summed E-state index contributed by atoms with van der Waals surface area (Å²) in [5.74, 6) is 3.60. The number of benzene rings is 1. The van der Waals surface area contributed by atoms with Crippen LogP contribution in [-0.4, -0.2) is 61.1 Å². The lowest BCUT2D eigenvalue weighted by molar-refractivity contribution is -0.123. The highest BCUT2D eigenvalue weighted by atomic mass is 16.5. The van der Waals surface area contributed by atoms with Gasteiger partial charge in [-0.1, -0.05) is 0 Å². The van der Waals surface area contributed by atoms with Crippen molar-refractivity contribution in [1.29, 1.82) is 0 Å². The molecule has 3 N–H and O–H groups in total. The van der Waals surface area contributed by atoms with Gasteiger partial charge < -0.3 is 29.8 Å². The van der Waals surface area contributed by atoms with Crippen LogP contribution in [-0.2, 0) is 18.4 Å². The number of fused-ring (bicyclic) bond motifs is 6. The maximum absolute atomic E-state index is 13.8. The number of amides is 2. The van der Waals surface area contributed by atoms with E-state index in [1.807, 2.05) is 37.1 Å². The number of rotatable bonds is 3. The van der Waals surface area contributed by atoms with Gasteiger partial charge in [0, 0.05) is 48.6 Å². The first-order valence-electron chi connectivity index (χ1n) is 16.7. The highest BCUT2D eigenvalue weighted by Gasteiger charge is 2.48. The molecule has 4 bridgehead atoms. The minimum Gasteiger partial charge on any atom is -0.494 e. The number of aryl methyl sites for hydroxylation is 1. The Morgan fingerprint density at radius 3 is 2.64 bits per heavy atom. The molecule has 2 amide bonds. The lowest BCUT2D eigenvalue weighted by Gasteiger charge is -2.23. The number of methoxy groups -OCH3 is 1. The van der Waals surface area contributed by atoms with Crippen molar-refractivity contribution < 1.29 is 14.3 Å². The monoisotopic (exact) mass is 607 g/mol. The van der Waals surface area contributed by atoms with E-state index in [0.717, 1.165) is 77.9 Å². The van der Waals surface area contributed by atoms with Crippen LogP contribution in [0.15, 0.2) is 30.3 Å². The normalized spacial score (nSPS) is 32.0. The smallest absolute Gasteiger partial charge is 0.254 e. The minimum atomic E-state index is -0.164. The van der Waals surface area contributed by atoms with Crippen molar-refractivity contribution in [3.05, 3.63) is 41.6 Å². The van der Waals surface area contributed by atoms with Crippen LogP contribution in [0.3, 0.4) is 0 Å². The Bertz CT molecular complexity index is 1890. The molecule has 2 saturated heterocycles. The number of imidazole rings is 1. The van der Waals surface area contributed by atoms with E-state index >= 15 is 0 Å². The van der Waals surface area contributed by atoms with Gasteiger partial charge in [-0.25, -0.2) is 9.97 Å². The Labute approximate surface area is 262 Å². The summed E-state index contributed by atoms with van der Waals surface area (Å²) in [6.45, 7) is 2.91. The summed E-state index contributed by atoms with van der Waals surface area (Å²) in [5, 5.41) is 4.28. The number of carbonyl (C=O) groups is 2. The molecular formula is C35H41N7O3. The van der Waals surface area contributed by atoms with E-state index in [9.17, 15) is 9.59 Å². The number of ether oxygens (including phenoxy) is 1. The Balaban J connectivity index is 1.14. The second-order valence-electron chi connectivity index (χ2n) is 14.4. The second-order valence-corrected chi connectivity index (χ2v) is 14.4. The average molecular weight is 608 g/mol. The minimum absolute atomic E-state index is 0.0142. The zero-order valence-corrected chi connectivity index (χ0v) is 26.2. The summed E-state index contributed by atoms with van der Waals surface area (Å²) >= 11 is 0. The molecule has 0 radical (unpaired) electrons. The summed E-state index contributed by atoms with van der Waals surface area (Å²) in [6.07, 6.45) is 7.42. The summed E-state index contributed by atoms with van der Waals surface area (Å²) < 4.78 is 10.3. The number of aromatic nitrogens is 4. The fraction of sp³-hybridized carbons (Fsp3) is 0.543. The molecule has 9 rings (SSSR count). The van der Waals surface area contributed by atoms with Crippen molar-refractivity contribution in [3.8, 4) is 17.3 Å². The molecule has 8 atom stereocenters. The second kappa shape index (κ2) is 9.79. The standard InChI is InChI=1S/C35H41N7O3/c1-17-26-8-6-20-13-29(41(32(20)38-26)16-22-10-18(22)4-5-19-11-24(19)34(43)37-17)33-39-27-12-21(14-30(45-3)31(27)40(33)2)35(44)42-23-7-9-28(42)25(36)15-23/h6,8,12-14,17-19,22-25,28H,4-5,7,9-11,15-16,36H2,1-3H3,(H,37,43)/t17-,18-,19+,22-,23+,24+,25-,28-/m1/s1. The maximum atomic E-state index is 13.8. The average Bonchev–Trinajstić information content (AvgIpc) is 3.81. The molecule has 4 fully saturated rings. The van der Waals surface area contributed by atoms with E-state index in [4.69, 9.17) is 20.4 Å². The van der Waals surface area contributed by atoms with Crippen LogP contribution in [0.2, 0.25) is 0 Å². The lowest BCUT2D eigenvalue weighted by atomic mass is 9.97. The third-order valence-corrected chi connectivity index (χ3v) is 11.7. The molecule has 0 spiro atoms. The summed E-state index contributed by atoms with van der Waals surface area (Å²) in [4.78, 5) is 39.1. The quantitative estimate of drug-likeness (QED) is 0.353. The van der Waals surface area contributed by atoms with Gasteiger partial charge in [-0.15, -0.1) is 0 Å². The number of nitrogens with two attached hydrogens (primary N) is 1. The van der Waals surface area contributed by atoms with Crippen LogP contribution in [0.25, 0.3) is 33.6 Å². The van der Waals surface area contributed by atoms with Gasteiger partial charge in [0.1, 0.15) is 16.9 Å². The van der Waals surface area contributed by atoms with Gasteiger partial charge in [0.15, 0.2) is 5.82 Å². The molecule has 1 aromatic carbocycles. The first kappa shape index (κ1) is 27.4. The van der Waals surface area contributed by atoms with Crippen molar-refractivity contribution in [2.24, 2.45) is 36.5 Å². The molecule has 2 aliphatic carbocycles. The van der Waals surface area contributed by atoms with Crippen molar-refractivity contribution in [1.82, 2.24) is 29.3 Å². The van der Waals surface area contributed by atoms with Crippen LogP contribution in [0.4, 0.5) is 0 Å². The predicted molar refractivity (Wildman–Crippen MR) is 171 cm³/mol. The summed E-state index contributed by atoms with van der Waals surface area (Å²) in [6, 6.07) is 10.3. The molecule has 45 heavy (non-hydrogen) atoms. The number of hydrogen-bond acceptors (Lipinski definition) is 6. The van der Waals surface area contributed by atoms with Gasteiger partial charge in [0.25, 0.3) is 5.91 Å². The first-order valence-corrected chi connectivity index (χ1v) is 16.7. The van der Waals surface area contributed by atoms with E-state index in [-0.39, 0.29) is 41.9 Å². The van der Waals surface area contributed by atoms with Crippen molar-refractivity contribution >= 4 is 33.9 Å². The van der Waals surface area contributed by atoms with E-state index in [0.29, 0.717) is 29.1 Å². The molecule has 10 nitrogen and oxygen atoms in total. The molecule has 234 valence electrons. The highest BCUT2D eigenvalue weighted by molar-refractivity contribution is 6.00. The molecule has 6 heterocycles. The zero-order chi connectivity index (χ0) is 30.7. The van der Waals surface area contributed by atoms with Gasteiger partial charge in [-0.05, 0) is 100.0 Å². The maximum Gasteiger partial charge on any atom is 0.254 e. The Kier molecular flexibility index (Phi) is 5.96. The lowest BCUT2D eigenvalue weighted by Crippen LogP contribution is -2.40. The van der Waals surface area contributed by atoms with Gasteiger partial charge in [-0.3, -0.25) is 9.59 Å².